The lowest BCUT2D eigenvalue weighted by Crippen LogP contribution is -2.33. The van der Waals surface area contributed by atoms with E-state index in [9.17, 15) is 9.59 Å². The third kappa shape index (κ3) is 2.14. The second-order valence-corrected chi connectivity index (χ2v) is 5.35. The van der Waals surface area contributed by atoms with E-state index in [0.717, 1.165) is 17.7 Å². The molecule has 0 radical (unpaired) electrons. The first-order chi connectivity index (χ1) is 9.66. The van der Waals surface area contributed by atoms with Gasteiger partial charge in [-0.25, -0.2) is 9.59 Å². The minimum Gasteiger partial charge on any atom is -0.478 e. The number of carbonyl (C=O) groups excluding carboxylic acids is 1. The lowest BCUT2D eigenvalue weighted by molar-refractivity contribution is 0.0698. The fraction of sp³-hybridized carbons (Fsp3) is 0.143. The summed E-state index contributed by atoms with van der Waals surface area (Å²) < 4.78 is 0. The number of carboxylic acids is 1. The maximum absolute atomic E-state index is 12.3. The van der Waals surface area contributed by atoms with Crippen LogP contribution in [-0.2, 0) is 6.42 Å². The maximum Gasteiger partial charge on any atom is 0.338 e. The molecule has 6 heteroatoms. The smallest absolute Gasteiger partial charge is 0.338 e. The number of nitrogens with one attached hydrogen (secondary N) is 1. The van der Waals surface area contributed by atoms with Gasteiger partial charge in [0.1, 0.15) is 5.00 Å². The summed E-state index contributed by atoms with van der Waals surface area (Å²) in [7, 11) is 0. The van der Waals surface area contributed by atoms with E-state index in [2.05, 4.69) is 5.32 Å². The van der Waals surface area contributed by atoms with Gasteiger partial charge in [0.25, 0.3) is 0 Å². The zero-order chi connectivity index (χ0) is 14.1. The summed E-state index contributed by atoms with van der Waals surface area (Å²) in [4.78, 5) is 24.9. The zero-order valence-corrected chi connectivity index (χ0v) is 11.3. The minimum absolute atomic E-state index is 0.121. The highest BCUT2D eigenvalue weighted by molar-refractivity contribution is 7.14. The first kappa shape index (κ1) is 12.7. The molecule has 2 N–H and O–H groups in total. The molecule has 3 rings (SSSR count). The van der Waals surface area contributed by atoms with Crippen LogP contribution in [0.25, 0.3) is 0 Å². The zero-order valence-electron chi connectivity index (χ0n) is 10.5. The van der Waals surface area contributed by atoms with Crippen LogP contribution in [0.4, 0.5) is 15.5 Å². The second-order valence-electron chi connectivity index (χ2n) is 4.43. The SMILES string of the molecule is O=C(O)c1ccsc1NC(=O)N1CCc2ccccc21. The van der Waals surface area contributed by atoms with E-state index in [1.54, 1.807) is 10.3 Å². The highest BCUT2D eigenvalue weighted by Crippen LogP contribution is 2.29. The van der Waals surface area contributed by atoms with Crippen molar-refractivity contribution in [3.05, 3.63) is 46.8 Å². The Morgan fingerprint density at radius 1 is 1.25 bits per heavy atom. The van der Waals surface area contributed by atoms with Crippen molar-refractivity contribution in [3.63, 3.8) is 0 Å². The van der Waals surface area contributed by atoms with E-state index in [0.29, 0.717) is 11.5 Å². The number of benzene rings is 1. The average Bonchev–Trinajstić information content (AvgIpc) is 3.04. The largest absolute Gasteiger partial charge is 0.478 e. The number of hydrogen-bond acceptors (Lipinski definition) is 3. The van der Waals surface area contributed by atoms with Gasteiger partial charge in [0.05, 0.1) is 5.56 Å². The van der Waals surface area contributed by atoms with E-state index in [4.69, 9.17) is 5.11 Å². The Hall–Kier alpha value is -2.34. The number of fused-ring (bicyclic) bond motifs is 1. The molecular weight excluding hydrogens is 276 g/mol. The van der Waals surface area contributed by atoms with Crippen molar-refractivity contribution >= 4 is 34.0 Å². The van der Waals surface area contributed by atoms with Crippen LogP contribution in [-0.4, -0.2) is 23.7 Å². The Morgan fingerprint density at radius 3 is 2.85 bits per heavy atom. The summed E-state index contributed by atoms with van der Waals surface area (Å²) in [5, 5.41) is 13.7. The average molecular weight is 288 g/mol. The summed E-state index contributed by atoms with van der Waals surface area (Å²) in [6.45, 7) is 0.610. The van der Waals surface area contributed by atoms with Gasteiger partial charge in [-0.1, -0.05) is 18.2 Å². The molecule has 1 aliphatic rings. The Kier molecular flexibility index (Phi) is 3.15. The number of urea groups is 1. The van der Waals surface area contributed by atoms with E-state index >= 15 is 0 Å². The lowest BCUT2D eigenvalue weighted by atomic mass is 10.2. The van der Waals surface area contributed by atoms with E-state index in [1.165, 1.54) is 17.4 Å². The molecule has 1 aromatic carbocycles. The fourth-order valence-corrected chi connectivity index (χ4v) is 3.06. The maximum atomic E-state index is 12.3. The molecule has 1 aliphatic heterocycles. The van der Waals surface area contributed by atoms with Gasteiger partial charge in [0.15, 0.2) is 0 Å². The molecule has 20 heavy (non-hydrogen) atoms. The Balaban J connectivity index is 1.81. The number of anilines is 2. The number of para-hydroxylation sites is 1. The van der Waals surface area contributed by atoms with Crippen molar-refractivity contribution in [2.45, 2.75) is 6.42 Å². The van der Waals surface area contributed by atoms with Crippen molar-refractivity contribution in [1.82, 2.24) is 0 Å². The number of amides is 2. The van der Waals surface area contributed by atoms with Crippen LogP contribution >= 0.6 is 11.3 Å². The standard InChI is InChI=1S/C14H12N2O3S/c17-13(18)10-6-8-20-12(10)15-14(19)16-7-5-9-3-1-2-4-11(9)16/h1-4,6,8H,5,7H2,(H,15,19)(H,17,18). The van der Waals surface area contributed by atoms with Crippen LogP contribution in [0.5, 0.6) is 0 Å². The van der Waals surface area contributed by atoms with E-state index in [-0.39, 0.29) is 11.6 Å². The summed E-state index contributed by atoms with van der Waals surface area (Å²) in [6, 6.07) is 8.92. The summed E-state index contributed by atoms with van der Waals surface area (Å²) >= 11 is 1.21. The first-order valence-electron chi connectivity index (χ1n) is 6.14. The lowest BCUT2D eigenvalue weighted by Gasteiger charge is -2.17. The molecule has 1 aromatic heterocycles. The molecule has 0 spiro atoms. The molecule has 0 aliphatic carbocycles. The molecule has 0 saturated heterocycles. The topological polar surface area (TPSA) is 69.6 Å². The molecule has 0 saturated carbocycles. The van der Waals surface area contributed by atoms with Gasteiger partial charge in [-0.05, 0) is 29.5 Å². The first-order valence-corrected chi connectivity index (χ1v) is 7.02. The van der Waals surface area contributed by atoms with E-state index < -0.39 is 5.97 Å². The van der Waals surface area contributed by atoms with Crippen LogP contribution in [0.15, 0.2) is 35.7 Å². The number of hydrogen-bond donors (Lipinski definition) is 2. The van der Waals surface area contributed by atoms with Crippen molar-refractivity contribution in [2.75, 3.05) is 16.8 Å². The summed E-state index contributed by atoms with van der Waals surface area (Å²) in [6.07, 6.45) is 0.819. The van der Waals surface area contributed by atoms with Crippen molar-refractivity contribution in [3.8, 4) is 0 Å². The molecule has 2 heterocycles. The highest BCUT2D eigenvalue weighted by Gasteiger charge is 2.25. The van der Waals surface area contributed by atoms with Crippen LogP contribution in [0.1, 0.15) is 15.9 Å². The molecular formula is C14H12N2O3S. The predicted octanol–water partition coefficient (Wildman–Crippen LogP) is 3.04. The molecule has 0 bridgehead atoms. The molecule has 2 aromatic rings. The minimum atomic E-state index is -1.04. The van der Waals surface area contributed by atoms with Gasteiger partial charge >= 0.3 is 12.0 Å². The van der Waals surface area contributed by atoms with Gasteiger partial charge in [-0.15, -0.1) is 11.3 Å². The molecule has 0 unspecified atom stereocenters. The quantitative estimate of drug-likeness (QED) is 0.892. The number of thiophene rings is 1. The van der Waals surface area contributed by atoms with Crippen molar-refractivity contribution in [2.24, 2.45) is 0 Å². The third-order valence-electron chi connectivity index (χ3n) is 3.25. The number of nitrogens with zero attached hydrogens (tertiary/aromatic N) is 1. The van der Waals surface area contributed by atoms with Gasteiger partial charge in [-0.3, -0.25) is 10.2 Å². The van der Waals surface area contributed by atoms with Crippen LogP contribution in [0, 0.1) is 0 Å². The van der Waals surface area contributed by atoms with Crippen LogP contribution < -0.4 is 10.2 Å². The number of aromatic carboxylic acids is 1. The third-order valence-corrected chi connectivity index (χ3v) is 4.08. The Morgan fingerprint density at radius 2 is 2.05 bits per heavy atom. The number of carboxylic acid groups (broad SMARTS) is 1. The molecule has 0 atom stereocenters. The van der Waals surface area contributed by atoms with E-state index in [1.807, 2.05) is 24.3 Å². The molecule has 0 fully saturated rings. The molecule has 5 nitrogen and oxygen atoms in total. The van der Waals surface area contributed by atoms with Gasteiger partial charge in [0, 0.05) is 12.2 Å². The van der Waals surface area contributed by atoms with Crippen LogP contribution in [0.2, 0.25) is 0 Å². The van der Waals surface area contributed by atoms with Gasteiger partial charge in [-0.2, -0.15) is 0 Å². The highest BCUT2D eigenvalue weighted by atomic mass is 32.1. The Bertz CT molecular complexity index is 681. The molecule has 102 valence electrons. The van der Waals surface area contributed by atoms with Crippen LogP contribution in [0.3, 0.4) is 0 Å². The van der Waals surface area contributed by atoms with Crippen molar-refractivity contribution < 1.29 is 14.7 Å². The molecule has 2 amide bonds. The van der Waals surface area contributed by atoms with Gasteiger partial charge in [0.2, 0.25) is 0 Å². The normalized spacial score (nSPS) is 13.1. The van der Waals surface area contributed by atoms with Gasteiger partial charge < -0.3 is 5.11 Å². The second kappa shape index (κ2) is 4.97. The fourth-order valence-electron chi connectivity index (χ4n) is 2.29. The number of rotatable bonds is 2. The van der Waals surface area contributed by atoms with Crippen molar-refractivity contribution in [1.29, 1.82) is 0 Å². The number of carbonyl (C=O) groups is 2. The Labute approximate surface area is 119 Å². The monoisotopic (exact) mass is 288 g/mol. The summed E-state index contributed by atoms with van der Waals surface area (Å²) in [5.41, 5.74) is 2.14. The predicted molar refractivity (Wildman–Crippen MR) is 77.8 cm³/mol. The summed E-state index contributed by atoms with van der Waals surface area (Å²) in [5.74, 6) is -1.04.